The molecule has 4 N–H and O–H groups in total. The maximum absolute atomic E-state index is 13.0. The van der Waals surface area contributed by atoms with E-state index < -0.39 is 31.0 Å². The number of alkyl halides is 1. The lowest BCUT2D eigenvalue weighted by Crippen LogP contribution is -2.29. The van der Waals surface area contributed by atoms with Crippen molar-refractivity contribution in [1.82, 2.24) is 19.5 Å². The molecule has 0 amide bonds. The number of aromatic nitrogens is 4. The van der Waals surface area contributed by atoms with Gasteiger partial charge >= 0.3 is 0 Å². The molecule has 4 atom stereocenters. The van der Waals surface area contributed by atoms with Crippen LogP contribution in [-0.4, -0.2) is 55.2 Å². The number of aliphatic hydroxyl groups excluding tert-OH is 2. The van der Waals surface area contributed by atoms with E-state index in [9.17, 15) is 14.6 Å². The molecule has 4 unspecified atom stereocenters. The maximum Gasteiger partial charge on any atom is 0.167 e. The number of aliphatic hydroxyl groups is 2. The second kappa shape index (κ2) is 4.93. The molecule has 1 saturated heterocycles. The molecule has 20 heavy (non-hydrogen) atoms. The molecular weight excluding hydrogens is 269 g/mol. The van der Waals surface area contributed by atoms with Crippen LogP contribution in [0.4, 0.5) is 10.2 Å². The van der Waals surface area contributed by atoms with Crippen LogP contribution in [0.25, 0.3) is 11.2 Å². The Labute approximate surface area is 113 Å². The molecule has 108 valence electrons. The van der Waals surface area contributed by atoms with Gasteiger partial charge in [0.2, 0.25) is 0 Å². The number of nitrogens with two attached hydrogens (primary N) is 1. The summed E-state index contributed by atoms with van der Waals surface area (Å²) in [5.41, 5.74) is 6.45. The van der Waals surface area contributed by atoms with Crippen molar-refractivity contribution in [3.63, 3.8) is 0 Å². The Hall–Kier alpha value is -1.84. The van der Waals surface area contributed by atoms with Crippen LogP contribution in [0.1, 0.15) is 6.23 Å². The first kappa shape index (κ1) is 13.2. The zero-order chi connectivity index (χ0) is 14.3. The van der Waals surface area contributed by atoms with E-state index in [0.29, 0.717) is 11.2 Å². The van der Waals surface area contributed by atoms with Crippen LogP contribution in [0.3, 0.4) is 0 Å². The molecule has 0 saturated carbocycles. The molecule has 0 aromatic carbocycles. The largest absolute Gasteiger partial charge is 0.394 e. The molecule has 0 aliphatic carbocycles. The minimum atomic E-state index is -1.11. The quantitative estimate of drug-likeness (QED) is 0.677. The van der Waals surface area contributed by atoms with Gasteiger partial charge in [-0.3, -0.25) is 8.96 Å². The number of nitrogens with zero attached hydrogens (tertiary/aromatic N) is 4. The molecule has 1 fully saturated rings. The summed E-state index contributed by atoms with van der Waals surface area (Å²) in [5, 5.41) is 19.3. The Morgan fingerprint density at radius 1 is 1.40 bits per heavy atom. The molecule has 8 nitrogen and oxygen atoms in total. The minimum Gasteiger partial charge on any atom is -0.394 e. The number of anilines is 1. The van der Waals surface area contributed by atoms with Gasteiger partial charge in [0.05, 0.1) is 25.7 Å². The summed E-state index contributed by atoms with van der Waals surface area (Å²) in [6.45, 7) is -1.15. The Balaban J connectivity index is 2.01. The molecule has 9 heteroatoms. The van der Waals surface area contributed by atoms with Gasteiger partial charge in [-0.2, -0.15) is 0 Å². The molecular formula is C11H14FN5O3. The van der Waals surface area contributed by atoms with Crippen molar-refractivity contribution in [2.45, 2.75) is 18.4 Å². The van der Waals surface area contributed by atoms with E-state index in [4.69, 9.17) is 10.5 Å². The van der Waals surface area contributed by atoms with Crippen molar-refractivity contribution in [3.8, 4) is 0 Å². The summed E-state index contributed by atoms with van der Waals surface area (Å²) in [6, 6.07) is 0. The normalized spacial score (nSPS) is 30.1. The van der Waals surface area contributed by atoms with E-state index in [-0.39, 0.29) is 12.4 Å². The third kappa shape index (κ3) is 1.82. The molecule has 1 aliphatic rings. The molecule has 2 aromatic heterocycles. The van der Waals surface area contributed by atoms with Crippen LogP contribution < -0.4 is 5.73 Å². The van der Waals surface area contributed by atoms with Crippen LogP contribution in [0.2, 0.25) is 0 Å². The molecule has 2 aromatic rings. The fraction of sp³-hybridized carbons (Fsp3) is 0.545. The SMILES string of the molecule is Nc1ncnc2c1ncn2C1OC(CO)C(CF)C1O. The van der Waals surface area contributed by atoms with Gasteiger partial charge < -0.3 is 20.7 Å². The van der Waals surface area contributed by atoms with Crippen LogP contribution in [-0.2, 0) is 4.74 Å². The Bertz CT molecular complexity index is 621. The predicted octanol–water partition coefficient (Wildman–Crippen LogP) is -0.755. The third-order valence-electron chi connectivity index (χ3n) is 3.54. The second-order valence-corrected chi connectivity index (χ2v) is 4.64. The number of ether oxygens (including phenoxy) is 1. The van der Waals surface area contributed by atoms with E-state index in [1.165, 1.54) is 17.2 Å². The fourth-order valence-corrected chi connectivity index (χ4v) is 2.45. The van der Waals surface area contributed by atoms with Crippen LogP contribution in [0.15, 0.2) is 12.7 Å². The molecule has 0 bridgehead atoms. The number of rotatable bonds is 3. The minimum absolute atomic E-state index is 0.210. The van der Waals surface area contributed by atoms with Gasteiger partial charge in [-0.05, 0) is 0 Å². The van der Waals surface area contributed by atoms with E-state index in [0.717, 1.165) is 0 Å². The van der Waals surface area contributed by atoms with Gasteiger partial charge in [-0.25, -0.2) is 15.0 Å². The molecule has 1 aliphatic heterocycles. The number of hydrogen-bond donors (Lipinski definition) is 3. The summed E-state index contributed by atoms with van der Waals surface area (Å²) < 4.78 is 19.9. The standard InChI is InChI=1S/C11H14FN5O3/c12-1-5-6(2-18)20-11(8(5)19)17-4-16-7-9(13)14-3-15-10(7)17/h3-6,8,11,18-19H,1-2H2,(H2,13,14,15). The summed E-state index contributed by atoms with van der Waals surface area (Å²) in [7, 11) is 0. The van der Waals surface area contributed by atoms with Crippen LogP contribution >= 0.6 is 0 Å². The van der Waals surface area contributed by atoms with E-state index in [1.807, 2.05) is 0 Å². The van der Waals surface area contributed by atoms with Crippen molar-refractivity contribution in [2.24, 2.45) is 5.92 Å². The lowest BCUT2D eigenvalue weighted by molar-refractivity contribution is -0.0494. The predicted molar refractivity (Wildman–Crippen MR) is 66.2 cm³/mol. The smallest absolute Gasteiger partial charge is 0.167 e. The summed E-state index contributed by atoms with van der Waals surface area (Å²) >= 11 is 0. The van der Waals surface area contributed by atoms with Crippen molar-refractivity contribution in [1.29, 1.82) is 0 Å². The Morgan fingerprint density at radius 2 is 2.20 bits per heavy atom. The second-order valence-electron chi connectivity index (χ2n) is 4.64. The number of hydrogen-bond acceptors (Lipinski definition) is 7. The number of fused-ring (bicyclic) bond motifs is 1. The average Bonchev–Trinajstić information content (AvgIpc) is 3.00. The highest BCUT2D eigenvalue weighted by Crippen LogP contribution is 2.35. The fourth-order valence-electron chi connectivity index (χ4n) is 2.45. The first-order valence-corrected chi connectivity index (χ1v) is 6.10. The first-order valence-electron chi connectivity index (χ1n) is 6.10. The van der Waals surface area contributed by atoms with Gasteiger partial charge in [0.1, 0.15) is 17.9 Å². The molecule has 3 rings (SSSR count). The monoisotopic (exact) mass is 283 g/mol. The lowest BCUT2D eigenvalue weighted by atomic mass is 10.0. The average molecular weight is 283 g/mol. The first-order chi connectivity index (χ1) is 9.67. The van der Waals surface area contributed by atoms with Crippen LogP contribution in [0.5, 0.6) is 0 Å². The number of imidazole rings is 1. The van der Waals surface area contributed by atoms with Gasteiger partial charge in [0.25, 0.3) is 0 Å². The van der Waals surface area contributed by atoms with Crippen molar-refractivity contribution in [2.75, 3.05) is 19.0 Å². The zero-order valence-corrected chi connectivity index (χ0v) is 10.4. The van der Waals surface area contributed by atoms with E-state index >= 15 is 0 Å². The summed E-state index contributed by atoms with van der Waals surface area (Å²) in [4.78, 5) is 11.9. The van der Waals surface area contributed by atoms with Crippen molar-refractivity contribution < 1.29 is 19.3 Å². The molecule has 3 heterocycles. The van der Waals surface area contributed by atoms with Gasteiger partial charge in [-0.15, -0.1) is 0 Å². The maximum atomic E-state index is 13.0. The third-order valence-corrected chi connectivity index (χ3v) is 3.54. The van der Waals surface area contributed by atoms with Crippen LogP contribution in [0, 0.1) is 5.92 Å². The Kier molecular flexibility index (Phi) is 3.24. The highest BCUT2D eigenvalue weighted by Gasteiger charge is 2.44. The van der Waals surface area contributed by atoms with E-state index in [1.54, 1.807) is 0 Å². The topological polar surface area (TPSA) is 119 Å². The van der Waals surface area contributed by atoms with Gasteiger partial charge in [0.15, 0.2) is 17.7 Å². The molecule has 0 spiro atoms. The van der Waals surface area contributed by atoms with Gasteiger partial charge in [-0.1, -0.05) is 0 Å². The van der Waals surface area contributed by atoms with Gasteiger partial charge in [0, 0.05) is 5.92 Å². The number of halogens is 1. The molecule has 0 radical (unpaired) electrons. The zero-order valence-electron chi connectivity index (χ0n) is 10.4. The summed E-state index contributed by atoms with van der Waals surface area (Å²) in [6.07, 6.45) is -0.0685. The van der Waals surface area contributed by atoms with E-state index in [2.05, 4.69) is 15.0 Å². The highest BCUT2D eigenvalue weighted by molar-refractivity contribution is 5.81. The summed E-state index contributed by atoms with van der Waals surface area (Å²) in [5.74, 6) is -0.580. The lowest BCUT2D eigenvalue weighted by Gasteiger charge is -2.17. The van der Waals surface area contributed by atoms with Crippen molar-refractivity contribution >= 4 is 17.0 Å². The number of nitrogen functional groups attached to an aromatic ring is 1. The highest BCUT2D eigenvalue weighted by atomic mass is 19.1. The Morgan fingerprint density at radius 3 is 2.85 bits per heavy atom. The van der Waals surface area contributed by atoms with Crippen molar-refractivity contribution in [3.05, 3.63) is 12.7 Å².